The van der Waals surface area contributed by atoms with Crippen molar-refractivity contribution in [3.05, 3.63) is 16.0 Å². The average molecular weight is 362 g/mol. The summed E-state index contributed by atoms with van der Waals surface area (Å²) in [6.07, 6.45) is 3.85. The van der Waals surface area contributed by atoms with E-state index in [4.69, 9.17) is 0 Å². The summed E-state index contributed by atoms with van der Waals surface area (Å²) in [5.41, 5.74) is 1.72. The second kappa shape index (κ2) is 8.97. The molecule has 25 heavy (non-hydrogen) atoms. The molecule has 1 aliphatic carbocycles. The number of nitrogens with one attached hydrogen (secondary N) is 2. The van der Waals surface area contributed by atoms with Crippen molar-refractivity contribution in [1.82, 2.24) is 10.2 Å². The van der Waals surface area contributed by atoms with Crippen LogP contribution in [0.25, 0.3) is 0 Å². The molecule has 1 aromatic rings. The third kappa shape index (κ3) is 5.28. The van der Waals surface area contributed by atoms with Gasteiger partial charge in [0.2, 0.25) is 11.8 Å². The molecule has 1 atom stereocenters. The van der Waals surface area contributed by atoms with E-state index in [2.05, 4.69) is 23.6 Å². The predicted molar refractivity (Wildman–Crippen MR) is 99.7 cm³/mol. The molecule has 0 saturated heterocycles. The summed E-state index contributed by atoms with van der Waals surface area (Å²) in [4.78, 5) is 26.9. The minimum atomic E-state index is -0.200. The molecule has 2 rings (SSSR count). The number of thiophene rings is 1. The molecule has 0 spiro atoms. The van der Waals surface area contributed by atoms with Crippen LogP contribution < -0.4 is 10.6 Å². The maximum atomic E-state index is 12.3. The molecule has 0 aliphatic heterocycles. The summed E-state index contributed by atoms with van der Waals surface area (Å²) in [6.45, 7) is 5.14. The van der Waals surface area contributed by atoms with E-state index in [0.29, 0.717) is 23.0 Å². The molecule has 0 radical (unpaired) electrons. The fraction of sp³-hybridized carbons (Fsp3) is 0.611. The van der Waals surface area contributed by atoms with Crippen molar-refractivity contribution in [2.45, 2.75) is 39.5 Å². The van der Waals surface area contributed by atoms with E-state index in [0.717, 1.165) is 31.2 Å². The van der Waals surface area contributed by atoms with E-state index in [-0.39, 0.29) is 24.9 Å². The van der Waals surface area contributed by atoms with Gasteiger partial charge in [-0.2, -0.15) is 5.26 Å². The second-order valence-electron chi connectivity index (χ2n) is 6.74. The molecule has 0 bridgehead atoms. The molecule has 7 heteroatoms. The maximum Gasteiger partial charge on any atom is 0.239 e. The molecule has 6 nitrogen and oxygen atoms in total. The van der Waals surface area contributed by atoms with Crippen molar-refractivity contribution in [3.8, 4) is 6.07 Å². The summed E-state index contributed by atoms with van der Waals surface area (Å²) in [6, 6.07) is 2.25. The van der Waals surface area contributed by atoms with Gasteiger partial charge in [-0.3, -0.25) is 14.5 Å². The summed E-state index contributed by atoms with van der Waals surface area (Å²) in [5.74, 6) is 0.332. The minimum absolute atomic E-state index is 0.0876. The van der Waals surface area contributed by atoms with Gasteiger partial charge >= 0.3 is 0 Å². The highest BCUT2D eigenvalue weighted by Crippen LogP contribution is 2.39. The zero-order chi connectivity index (χ0) is 18.4. The number of hydrogen-bond donors (Lipinski definition) is 2. The Hall–Kier alpha value is -1.91. The molecule has 2 amide bonds. The Morgan fingerprint density at radius 3 is 2.76 bits per heavy atom. The molecule has 1 aromatic heterocycles. The number of likely N-dealkylation sites (N-methyl/N-ethyl adjacent to an activating group) is 1. The fourth-order valence-electron chi connectivity index (χ4n) is 2.99. The highest BCUT2D eigenvalue weighted by molar-refractivity contribution is 7.16. The normalized spacial score (nSPS) is 16.2. The molecule has 1 heterocycles. The van der Waals surface area contributed by atoms with E-state index in [1.54, 1.807) is 11.9 Å². The van der Waals surface area contributed by atoms with Gasteiger partial charge in [0.05, 0.1) is 18.7 Å². The Bertz CT molecular complexity index is 677. The number of nitriles is 1. The first-order chi connectivity index (χ1) is 11.9. The largest absolute Gasteiger partial charge is 0.355 e. The zero-order valence-electron chi connectivity index (χ0n) is 15.1. The number of amides is 2. The number of fused-ring (bicyclic) bond motifs is 1. The second-order valence-corrected chi connectivity index (χ2v) is 7.84. The minimum Gasteiger partial charge on any atom is -0.355 e. The molecule has 1 aliphatic rings. The zero-order valence-corrected chi connectivity index (χ0v) is 16.0. The lowest BCUT2D eigenvalue weighted by Crippen LogP contribution is -2.39. The van der Waals surface area contributed by atoms with Crippen LogP contribution in [0.15, 0.2) is 0 Å². The van der Waals surface area contributed by atoms with Crippen LogP contribution in [0.5, 0.6) is 0 Å². The van der Waals surface area contributed by atoms with E-state index < -0.39 is 0 Å². The van der Waals surface area contributed by atoms with Crippen molar-refractivity contribution in [2.75, 3.05) is 32.0 Å². The average Bonchev–Trinajstić information content (AvgIpc) is 2.88. The van der Waals surface area contributed by atoms with Crippen LogP contribution in [-0.2, 0) is 22.4 Å². The molecular weight excluding hydrogens is 336 g/mol. The van der Waals surface area contributed by atoms with Crippen LogP contribution in [0.2, 0.25) is 0 Å². The van der Waals surface area contributed by atoms with Crippen molar-refractivity contribution in [3.63, 3.8) is 0 Å². The summed E-state index contributed by atoms with van der Waals surface area (Å²) in [7, 11) is 1.73. The van der Waals surface area contributed by atoms with Crippen molar-refractivity contribution in [1.29, 1.82) is 5.26 Å². The van der Waals surface area contributed by atoms with E-state index >= 15 is 0 Å². The number of carbonyl (C=O) groups is 2. The molecule has 0 saturated carbocycles. The van der Waals surface area contributed by atoms with Crippen LogP contribution in [0.1, 0.15) is 42.7 Å². The van der Waals surface area contributed by atoms with Crippen LogP contribution in [-0.4, -0.2) is 43.4 Å². The first-order valence-corrected chi connectivity index (χ1v) is 9.55. The number of hydrogen-bond acceptors (Lipinski definition) is 5. The van der Waals surface area contributed by atoms with Crippen molar-refractivity contribution in [2.24, 2.45) is 5.92 Å². The molecule has 1 unspecified atom stereocenters. The predicted octanol–water partition coefficient (Wildman–Crippen LogP) is 2.14. The standard InChI is InChI=1S/C18H26N4O2S/c1-4-7-20-16(23)10-22(3)11-17(24)21-18-14(9-19)13-6-5-12(2)8-15(13)25-18/h12H,4-8,10-11H2,1-3H3,(H,20,23)(H,21,24). The van der Waals surface area contributed by atoms with Crippen LogP contribution in [0.4, 0.5) is 5.00 Å². The van der Waals surface area contributed by atoms with E-state index in [1.165, 1.54) is 16.2 Å². The monoisotopic (exact) mass is 362 g/mol. The van der Waals surface area contributed by atoms with Crippen LogP contribution in [0.3, 0.4) is 0 Å². The Balaban J connectivity index is 1.94. The van der Waals surface area contributed by atoms with Gasteiger partial charge in [-0.05, 0) is 44.2 Å². The van der Waals surface area contributed by atoms with Gasteiger partial charge in [-0.1, -0.05) is 13.8 Å². The van der Waals surface area contributed by atoms with E-state index in [1.807, 2.05) is 6.92 Å². The molecular formula is C18H26N4O2S. The molecule has 136 valence electrons. The van der Waals surface area contributed by atoms with Crippen molar-refractivity contribution >= 4 is 28.2 Å². The molecule has 2 N–H and O–H groups in total. The van der Waals surface area contributed by atoms with Crippen molar-refractivity contribution < 1.29 is 9.59 Å². The number of anilines is 1. The van der Waals surface area contributed by atoms with Gasteiger partial charge in [0, 0.05) is 11.4 Å². The Morgan fingerprint density at radius 1 is 1.36 bits per heavy atom. The highest BCUT2D eigenvalue weighted by Gasteiger charge is 2.24. The topological polar surface area (TPSA) is 85.2 Å². The summed E-state index contributed by atoms with van der Waals surface area (Å²) < 4.78 is 0. The van der Waals surface area contributed by atoms with Gasteiger partial charge in [0.1, 0.15) is 11.1 Å². The quantitative estimate of drug-likeness (QED) is 0.778. The van der Waals surface area contributed by atoms with Gasteiger partial charge in [-0.25, -0.2) is 0 Å². The van der Waals surface area contributed by atoms with Gasteiger partial charge in [-0.15, -0.1) is 11.3 Å². The molecule has 0 fully saturated rings. The van der Waals surface area contributed by atoms with Gasteiger partial charge in [0.25, 0.3) is 0 Å². The molecule has 0 aromatic carbocycles. The fourth-order valence-corrected chi connectivity index (χ4v) is 4.37. The van der Waals surface area contributed by atoms with E-state index in [9.17, 15) is 14.9 Å². The number of carbonyl (C=O) groups excluding carboxylic acids is 2. The number of rotatable bonds is 7. The highest BCUT2D eigenvalue weighted by atomic mass is 32.1. The first-order valence-electron chi connectivity index (χ1n) is 8.74. The van der Waals surface area contributed by atoms with Gasteiger partial charge in [0.15, 0.2) is 0 Å². The Morgan fingerprint density at radius 2 is 2.08 bits per heavy atom. The Labute approximate surface area is 153 Å². The summed E-state index contributed by atoms with van der Waals surface area (Å²) >= 11 is 1.52. The lowest BCUT2D eigenvalue weighted by molar-refractivity contribution is -0.122. The lowest BCUT2D eigenvalue weighted by atomic mass is 9.89. The summed E-state index contributed by atoms with van der Waals surface area (Å²) in [5, 5.41) is 15.8. The third-order valence-electron chi connectivity index (χ3n) is 4.28. The van der Waals surface area contributed by atoms with Crippen LogP contribution in [0, 0.1) is 17.2 Å². The maximum absolute atomic E-state index is 12.3. The third-order valence-corrected chi connectivity index (χ3v) is 5.45. The van der Waals surface area contributed by atoms with Gasteiger partial charge < -0.3 is 10.6 Å². The SMILES string of the molecule is CCCNC(=O)CN(C)CC(=O)Nc1sc2c(c1C#N)CCC(C)C2. The Kier molecular flexibility index (Phi) is 6.97. The van der Waals surface area contributed by atoms with Crippen LogP contribution >= 0.6 is 11.3 Å². The lowest BCUT2D eigenvalue weighted by Gasteiger charge is -2.17. The number of nitrogens with zero attached hydrogens (tertiary/aromatic N) is 2. The smallest absolute Gasteiger partial charge is 0.239 e. The first kappa shape index (κ1) is 19.4.